The summed E-state index contributed by atoms with van der Waals surface area (Å²) in [6.07, 6.45) is 9.98. The number of rotatable bonds is 2. The van der Waals surface area contributed by atoms with Crippen LogP contribution in [0.2, 0.25) is 0 Å². The number of aryl methyl sites for hydroxylation is 1. The van der Waals surface area contributed by atoms with Gasteiger partial charge in [0.05, 0.1) is 0 Å². The highest BCUT2D eigenvalue weighted by atomic mass is 14.5. The van der Waals surface area contributed by atoms with Crippen LogP contribution < -0.4 is 0 Å². The van der Waals surface area contributed by atoms with Gasteiger partial charge in [0.1, 0.15) is 0 Å². The average Bonchev–Trinajstić information content (AvgIpc) is 2.99. The average molecular weight is 264 g/mol. The van der Waals surface area contributed by atoms with E-state index in [-0.39, 0.29) is 0 Å². The minimum atomic E-state index is 0.810. The van der Waals surface area contributed by atoms with E-state index in [1.54, 1.807) is 16.7 Å². The van der Waals surface area contributed by atoms with Gasteiger partial charge in [0.2, 0.25) is 0 Å². The zero-order chi connectivity index (χ0) is 13.9. The second-order valence-corrected chi connectivity index (χ2v) is 7.19. The summed E-state index contributed by atoms with van der Waals surface area (Å²) in [5.41, 5.74) is 7.77. The van der Waals surface area contributed by atoms with Gasteiger partial charge in [0.15, 0.2) is 0 Å². The van der Waals surface area contributed by atoms with E-state index in [0.29, 0.717) is 0 Å². The predicted molar refractivity (Wildman–Crippen MR) is 85.8 cm³/mol. The largest absolute Gasteiger partial charge is 0.103 e. The molecular weight excluding hydrogens is 240 g/mol. The summed E-state index contributed by atoms with van der Waals surface area (Å²) in [7, 11) is 0. The van der Waals surface area contributed by atoms with Gasteiger partial charge in [0, 0.05) is 0 Å². The molecule has 3 aliphatic carbocycles. The first kappa shape index (κ1) is 12.4. The van der Waals surface area contributed by atoms with E-state index in [2.05, 4.69) is 44.7 Å². The summed E-state index contributed by atoms with van der Waals surface area (Å²) in [5, 5.41) is 0. The molecule has 1 aromatic carbocycles. The van der Waals surface area contributed by atoms with E-state index < -0.39 is 0 Å². The maximum Gasteiger partial charge on any atom is -0.00564 e. The van der Waals surface area contributed by atoms with Crippen molar-refractivity contribution in [1.29, 1.82) is 0 Å². The molecule has 0 amide bonds. The van der Waals surface area contributed by atoms with Crippen molar-refractivity contribution in [3.8, 4) is 0 Å². The van der Waals surface area contributed by atoms with Crippen LogP contribution in [0, 0.1) is 24.7 Å². The number of hydrogen-bond donors (Lipinski definition) is 0. The van der Waals surface area contributed by atoms with E-state index in [1.165, 1.54) is 30.4 Å². The van der Waals surface area contributed by atoms with Crippen molar-refractivity contribution in [2.24, 2.45) is 17.8 Å². The fraction of sp³-hybridized carbons (Fsp3) is 0.500. The van der Waals surface area contributed by atoms with Crippen molar-refractivity contribution in [2.75, 3.05) is 0 Å². The maximum absolute atomic E-state index is 3.97. The Labute approximate surface area is 122 Å². The van der Waals surface area contributed by atoms with E-state index in [9.17, 15) is 0 Å². The second kappa shape index (κ2) is 4.35. The van der Waals surface area contributed by atoms with Crippen molar-refractivity contribution >= 4 is 6.08 Å². The maximum atomic E-state index is 3.97. The first-order valence-electron chi connectivity index (χ1n) is 8.11. The van der Waals surface area contributed by atoms with E-state index >= 15 is 0 Å². The van der Waals surface area contributed by atoms with Crippen LogP contribution >= 0.6 is 0 Å². The molecule has 0 N–H and O–H groups in total. The molecule has 1 aromatic rings. The summed E-state index contributed by atoms with van der Waals surface area (Å²) in [6, 6.07) is 4.80. The van der Waals surface area contributed by atoms with Gasteiger partial charge < -0.3 is 0 Å². The summed E-state index contributed by atoms with van der Waals surface area (Å²) in [5.74, 6) is 3.56. The van der Waals surface area contributed by atoms with Crippen LogP contribution in [0.25, 0.3) is 6.08 Å². The smallest absolute Gasteiger partial charge is 0.00564 e. The summed E-state index contributed by atoms with van der Waals surface area (Å²) < 4.78 is 0. The normalized spacial score (nSPS) is 33.6. The Morgan fingerprint density at radius 1 is 1.15 bits per heavy atom. The van der Waals surface area contributed by atoms with Crippen LogP contribution in [0.3, 0.4) is 0 Å². The number of benzene rings is 1. The third kappa shape index (κ3) is 1.60. The molecule has 2 bridgehead atoms. The Balaban J connectivity index is 1.92. The molecule has 0 saturated heterocycles. The van der Waals surface area contributed by atoms with Gasteiger partial charge in [-0.1, -0.05) is 35.4 Å². The van der Waals surface area contributed by atoms with E-state index in [0.717, 1.165) is 30.1 Å². The Morgan fingerprint density at radius 2 is 1.90 bits per heavy atom. The van der Waals surface area contributed by atoms with E-state index in [4.69, 9.17) is 0 Å². The molecule has 0 nitrogen and oxygen atoms in total. The Bertz CT molecular complexity index is 605. The molecule has 104 valence electrons. The van der Waals surface area contributed by atoms with E-state index in [1.807, 2.05) is 0 Å². The van der Waals surface area contributed by atoms with Crippen LogP contribution in [-0.2, 0) is 6.42 Å². The van der Waals surface area contributed by atoms with Crippen LogP contribution in [0.5, 0.6) is 0 Å². The molecule has 4 rings (SSSR count). The highest BCUT2D eigenvalue weighted by molar-refractivity contribution is 5.65. The van der Waals surface area contributed by atoms with Gasteiger partial charge in [-0.25, -0.2) is 0 Å². The lowest BCUT2D eigenvalue weighted by Gasteiger charge is -2.38. The highest BCUT2D eigenvalue weighted by Gasteiger charge is 2.50. The molecule has 0 aromatic heterocycles. The Morgan fingerprint density at radius 3 is 2.65 bits per heavy atom. The Hall–Kier alpha value is -1.30. The molecule has 2 fully saturated rings. The summed E-state index contributed by atoms with van der Waals surface area (Å²) in [4.78, 5) is 0. The first-order valence-corrected chi connectivity index (χ1v) is 8.11. The number of allylic oxidation sites excluding steroid dienone is 2. The molecule has 3 aliphatic rings. The molecule has 0 heterocycles. The van der Waals surface area contributed by atoms with Gasteiger partial charge in [0.25, 0.3) is 0 Å². The van der Waals surface area contributed by atoms with Crippen LogP contribution in [-0.4, -0.2) is 0 Å². The standard InChI is InChI=1S/C20H24/c1-4-5-14-8-12(2)9-17-10-13(3)18-15-6-7-16(11-15)20(18)19(14)17/h4,8-10,15-16,18,20H,1,5-7,11H2,2-3H3/t15-,16+,18?,20?/m1/s1. The van der Waals surface area contributed by atoms with Gasteiger partial charge >= 0.3 is 0 Å². The van der Waals surface area contributed by atoms with Gasteiger partial charge in [-0.05, 0) is 79.9 Å². The monoisotopic (exact) mass is 264 g/mol. The highest BCUT2D eigenvalue weighted by Crippen LogP contribution is 2.61. The third-order valence-electron chi connectivity index (χ3n) is 5.96. The molecule has 20 heavy (non-hydrogen) atoms. The predicted octanol–water partition coefficient (Wildman–Crippen LogP) is 5.27. The van der Waals surface area contributed by atoms with Crippen molar-refractivity contribution in [3.63, 3.8) is 0 Å². The minimum absolute atomic E-state index is 0.810. The topological polar surface area (TPSA) is 0 Å². The number of fused-ring (bicyclic) bond motifs is 7. The zero-order valence-corrected chi connectivity index (χ0v) is 12.7. The van der Waals surface area contributed by atoms with Crippen molar-refractivity contribution in [2.45, 2.75) is 45.4 Å². The Kier molecular flexibility index (Phi) is 2.70. The fourth-order valence-corrected chi connectivity index (χ4v) is 5.46. The molecular formula is C20H24. The molecule has 0 aliphatic heterocycles. The SMILES string of the molecule is C=CCc1cc(C)cc2c1C1C(C(C)=C2)[C@@H]2CC[C@H]1C2. The van der Waals surface area contributed by atoms with Crippen molar-refractivity contribution < 1.29 is 0 Å². The molecule has 2 saturated carbocycles. The van der Waals surface area contributed by atoms with Gasteiger partial charge in [-0.3, -0.25) is 0 Å². The van der Waals surface area contributed by atoms with Crippen LogP contribution in [0.1, 0.15) is 54.4 Å². The third-order valence-corrected chi connectivity index (χ3v) is 5.96. The van der Waals surface area contributed by atoms with Crippen molar-refractivity contribution in [3.05, 3.63) is 52.6 Å². The molecule has 2 unspecified atom stereocenters. The lowest BCUT2D eigenvalue weighted by Crippen LogP contribution is -2.26. The van der Waals surface area contributed by atoms with Gasteiger partial charge in [-0.15, -0.1) is 6.58 Å². The zero-order valence-electron chi connectivity index (χ0n) is 12.7. The molecule has 4 atom stereocenters. The quantitative estimate of drug-likeness (QED) is 0.638. The number of hydrogen-bond acceptors (Lipinski definition) is 0. The second-order valence-electron chi connectivity index (χ2n) is 7.19. The lowest BCUT2D eigenvalue weighted by molar-refractivity contribution is 0.324. The van der Waals surface area contributed by atoms with Crippen LogP contribution in [0.4, 0.5) is 0 Å². The fourth-order valence-electron chi connectivity index (χ4n) is 5.46. The first-order chi connectivity index (χ1) is 9.69. The summed E-state index contributed by atoms with van der Waals surface area (Å²) in [6.45, 7) is 8.56. The van der Waals surface area contributed by atoms with Gasteiger partial charge in [-0.2, -0.15) is 0 Å². The molecule has 0 heteroatoms. The lowest BCUT2D eigenvalue weighted by atomic mass is 9.66. The van der Waals surface area contributed by atoms with Crippen molar-refractivity contribution in [1.82, 2.24) is 0 Å². The van der Waals surface area contributed by atoms with Crippen LogP contribution in [0.15, 0.2) is 30.4 Å². The summed E-state index contributed by atoms with van der Waals surface area (Å²) >= 11 is 0. The minimum Gasteiger partial charge on any atom is -0.103 e. The molecule has 0 spiro atoms. The molecule has 0 radical (unpaired) electrons.